The molecule has 0 saturated carbocycles. The monoisotopic (exact) mass is 710 g/mol. The molecule has 0 spiro atoms. The lowest BCUT2D eigenvalue weighted by Crippen LogP contribution is -2.26. The van der Waals surface area contributed by atoms with Gasteiger partial charge < -0.3 is 29.6 Å². The molecule has 0 atom stereocenters. The molecule has 268 valence electrons. The van der Waals surface area contributed by atoms with E-state index in [0.717, 1.165) is 88.3 Å². The molecule has 2 N–H and O–H groups in total. The van der Waals surface area contributed by atoms with Crippen molar-refractivity contribution in [2.45, 2.75) is 0 Å². The first-order valence-corrected chi connectivity index (χ1v) is 18.8. The summed E-state index contributed by atoms with van der Waals surface area (Å²) >= 11 is 0. The molecule has 0 saturated heterocycles. The smallest absolute Gasteiger partial charge is 0.127 e. The van der Waals surface area contributed by atoms with Gasteiger partial charge in [0.15, 0.2) is 0 Å². The second kappa shape index (κ2) is 15.5. The zero-order valence-corrected chi connectivity index (χ0v) is 30.1. The molecule has 9 rings (SSSR count). The topological polar surface area (TPSA) is 61.0 Å². The maximum Gasteiger partial charge on any atom is 0.127 e. The third kappa shape index (κ3) is 6.66. The fraction of sp³-hybridized carbons (Fsp3) is 0.167. The van der Waals surface area contributed by atoms with Crippen LogP contribution in [0.5, 0.6) is 23.0 Å². The quantitative estimate of drug-likeness (QED) is 0.163. The zero-order valence-electron chi connectivity index (χ0n) is 30.1. The van der Waals surface area contributed by atoms with Crippen LogP contribution in [0.1, 0.15) is 0 Å². The minimum absolute atomic E-state index is 0.494. The summed E-state index contributed by atoms with van der Waals surface area (Å²) < 4.78 is 26.5. The summed E-state index contributed by atoms with van der Waals surface area (Å²) in [5.74, 6) is 3.32. The van der Waals surface area contributed by atoms with Gasteiger partial charge in [-0.2, -0.15) is 0 Å². The number of fused-ring (bicyclic) bond motifs is 14. The Morgan fingerprint density at radius 2 is 0.519 bits per heavy atom. The molecule has 0 bridgehead atoms. The standard InChI is InChI=1S/C48H42N2O4/c1-5-13-37-33(9-1)17-21-41-45(37)46-38-14-6-2-10-34(38)18-22-42(46)52-30-26-50-28-32-54-44-24-20-36-12-4-8-16-40(36)48(44)47-39-15-7-3-11-35(39)19-23-43(47)53-31-27-49-25-29-51-41/h1-24,49-50H,25-32H2. The highest BCUT2D eigenvalue weighted by Gasteiger charge is 2.21. The Bertz CT molecular complexity index is 2240. The van der Waals surface area contributed by atoms with Crippen LogP contribution in [0.4, 0.5) is 0 Å². The van der Waals surface area contributed by atoms with E-state index in [1.165, 1.54) is 0 Å². The Labute approximate surface area is 315 Å². The third-order valence-electron chi connectivity index (χ3n) is 10.2. The van der Waals surface area contributed by atoms with Crippen molar-refractivity contribution in [2.24, 2.45) is 0 Å². The van der Waals surface area contributed by atoms with Gasteiger partial charge in [-0.15, -0.1) is 0 Å². The first-order valence-electron chi connectivity index (χ1n) is 18.8. The lowest BCUT2D eigenvalue weighted by atomic mass is 9.92. The van der Waals surface area contributed by atoms with Crippen LogP contribution >= 0.6 is 0 Å². The molecule has 0 fully saturated rings. The number of rotatable bonds is 0. The molecule has 0 aliphatic carbocycles. The Balaban J connectivity index is 1.07. The first-order chi connectivity index (χ1) is 26.8. The van der Waals surface area contributed by atoms with Crippen molar-refractivity contribution in [3.63, 3.8) is 0 Å². The van der Waals surface area contributed by atoms with E-state index in [1.807, 2.05) is 0 Å². The highest BCUT2D eigenvalue weighted by molar-refractivity contribution is 6.11. The highest BCUT2D eigenvalue weighted by Crippen LogP contribution is 2.47. The van der Waals surface area contributed by atoms with Gasteiger partial charge in [-0.3, -0.25) is 0 Å². The van der Waals surface area contributed by atoms with E-state index in [2.05, 4.69) is 156 Å². The molecule has 1 aliphatic rings. The average Bonchev–Trinajstić information content (AvgIpc) is 3.22. The maximum absolute atomic E-state index is 6.61. The Morgan fingerprint density at radius 1 is 0.278 bits per heavy atom. The van der Waals surface area contributed by atoms with Crippen LogP contribution in [0.25, 0.3) is 65.3 Å². The second-order valence-electron chi connectivity index (χ2n) is 13.5. The normalized spacial score (nSPS) is 14.5. The predicted molar refractivity (Wildman–Crippen MR) is 221 cm³/mol. The van der Waals surface area contributed by atoms with Crippen LogP contribution in [-0.4, -0.2) is 52.6 Å². The van der Waals surface area contributed by atoms with E-state index < -0.39 is 0 Å². The molecular weight excluding hydrogens is 669 g/mol. The molecule has 1 heterocycles. The summed E-state index contributed by atoms with van der Waals surface area (Å²) in [4.78, 5) is 0. The predicted octanol–water partition coefficient (Wildman–Crippen LogP) is 10.0. The molecule has 0 amide bonds. The number of nitrogens with one attached hydrogen (secondary N) is 2. The van der Waals surface area contributed by atoms with Crippen LogP contribution < -0.4 is 29.6 Å². The molecule has 1 aliphatic heterocycles. The van der Waals surface area contributed by atoms with Crippen molar-refractivity contribution < 1.29 is 18.9 Å². The van der Waals surface area contributed by atoms with Gasteiger partial charge >= 0.3 is 0 Å². The Hall–Kier alpha value is -6.08. The lowest BCUT2D eigenvalue weighted by molar-refractivity contribution is 0.286. The Kier molecular flexibility index (Phi) is 9.68. The third-order valence-corrected chi connectivity index (χ3v) is 10.2. The number of benzene rings is 8. The SMILES string of the molecule is c1ccc2c3c(ccc2c1)OCCNCCOc1ccc2ccccc2c1-c1c(ccc2ccccc12)OCCNCCOc1ccc2ccccc2c1-3. The summed E-state index contributed by atoms with van der Waals surface area (Å²) in [5.41, 5.74) is 4.17. The molecule has 8 aromatic carbocycles. The van der Waals surface area contributed by atoms with Gasteiger partial charge in [0.05, 0.1) is 0 Å². The molecule has 6 nitrogen and oxygen atoms in total. The highest BCUT2D eigenvalue weighted by atomic mass is 16.5. The number of hydrogen-bond acceptors (Lipinski definition) is 6. The minimum Gasteiger partial charge on any atom is -0.492 e. The fourth-order valence-corrected chi connectivity index (χ4v) is 7.70. The van der Waals surface area contributed by atoms with Crippen molar-refractivity contribution in [2.75, 3.05) is 52.6 Å². The molecule has 54 heavy (non-hydrogen) atoms. The van der Waals surface area contributed by atoms with Gasteiger partial charge in [0, 0.05) is 48.4 Å². The fourth-order valence-electron chi connectivity index (χ4n) is 7.70. The van der Waals surface area contributed by atoms with Gasteiger partial charge in [0.2, 0.25) is 0 Å². The largest absolute Gasteiger partial charge is 0.492 e. The summed E-state index contributed by atoms with van der Waals surface area (Å²) in [7, 11) is 0. The molecule has 8 aromatic rings. The lowest BCUT2D eigenvalue weighted by Gasteiger charge is -2.21. The number of hydrogen-bond donors (Lipinski definition) is 2. The van der Waals surface area contributed by atoms with Gasteiger partial charge in [-0.25, -0.2) is 0 Å². The molecule has 0 unspecified atom stereocenters. The minimum atomic E-state index is 0.494. The van der Waals surface area contributed by atoms with Crippen LogP contribution in [-0.2, 0) is 0 Å². The van der Waals surface area contributed by atoms with E-state index >= 15 is 0 Å². The van der Waals surface area contributed by atoms with Crippen LogP contribution in [0.15, 0.2) is 146 Å². The van der Waals surface area contributed by atoms with E-state index in [0.29, 0.717) is 52.6 Å². The zero-order chi connectivity index (χ0) is 36.1. The van der Waals surface area contributed by atoms with E-state index in [9.17, 15) is 0 Å². The van der Waals surface area contributed by atoms with Crippen molar-refractivity contribution >= 4 is 43.1 Å². The van der Waals surface area contributed by atoms with Gasteiger partial charge in [0.25, 0.3) is 0 Å². The van der Waals surface area contributed by atoms with Crippen molar-refractivity contribution in [1.82, 2.24) is 10.6 Å². The number of ether oxygens (including phenoxy) is 4. The van der Waals surface area contributed by atoms with Crippen LogP contribution in [0.2, 0.25) is 0 Å². The second-order valence-corrected chi connectivity index (χ2v) is 13.5. The van der Waals surface area contributed by atoms with Gasteiger partial charge in [-0.05, 0) is 67.4 Å². The van der Waals surface area contributed by atoms with Crippen molar-refractivity contribution in [1.29, 1.82) is 0 Å². The summed E-state index contributed by atoms with van der Waals surface area (Å²) in [6.45, 7) is 4.61. The van der Waals surface area contributed by atoms with Crippen molar-refractivity contribution in [3.05, 3.63) is 146 Å². The first kappa shape index (κ1) is 33.7. The Morgan fingerprint density at radius 3 is 0.778 bits per heavy atom. The molecule has 0 radical (unpaired) electrons. The maximum atomic E-state index is 6.61. The van der Waals surface area contributed by atoms with Gasteiger partial charge in [0.1, 0.15) is 49.4 Å². The summed E-state index contributed by atoms with van der Waals surface area (Å²) in [6.07, 6.45) is 0. The molecule has 0 aromatic heterocycles. The van der Waals surface area contributed by atoms with E-state index in [-0.39, 0.29) is 0 Å². The average molecular weight is 711 g/mol. The van der Waals surface area contributed by atoms with Gasteiger partial charge in [-0.1, -0.05) is 121 Å². The van der Waals surface area contributed by atoms with E-state index in [1.54, 1.807) is 0 Å². The summed E-state index contributed by atoms with van der Waals surface area (Å²) in [5, 5.41) is 16.2. The molecule has 6 heteroatoms. The van der Waals surface area contributed by atoms with E-state index in [4.69, 9.17) is 18.9 Å². The molecular formula is C48H42N2O4. The summed E-state index contributed by atoms with van der Waals surface area (Å²) in [6, 6.07) is 50.9. The van der Waals surface area contributed by atoms with Crippen LogP contribution in [0.3, 0.4) is 0 Å². The van der Waals surface area contributed by atoms with Crippen molar-refractivity contribution in [3.8, 4) is 45.3 Å². The van der Waals surface area contributed by atoms with Crippen LogP contribution in [0, 0.1) is 0 Å².